The van der Waals surface area contributed by atoms with Crippen molar-refractivity contribution in [2.45, 2.75) is 63.2 Å². The lowest BCUT2D eigenvalue weighted by atomic mass is 9.72. The van der Waals surface area contributed by atoms with Crippen molar-refractivity contribution in [1.82, 2.24) is 5.32 Å². The minimum atomic E-state index is -0.759. The first-order chi connectivity index (χ1) is 12.6. The fourth-order valence-corrected chi connectivity index (χ4v) is 4.95. The van der Waals surface area contributed by atoms with Gasteiger partial charge in [0.25, 0.3) is 0 Å². The molecule has 0 spiro atoms. The van der Waals surface area contributed by atoms with Crippen LogP contribution in [0.15, 0.2) is 47.2 Å². The molecule has 3 nitrogen and oxygen atoms in total. The first-order valence-electron chi connectivity index (χ1n) is 9.82. The summed E-state index contributed by atoms with van der Waals surface area (Å²) >= 11 is 1.65. The zero-order chi connectivity index (χ0) is 18.4. The van der Waals surface area contributed by atoms with Crippen LogP contribution in [0.3, 0.4) is 0 Å². The Kier molecular flexibility index (Phi) is 6.87. The molecule has 26 heavy (non-hydrogen) atoms. The van der Waals surface area contributed by atoms with Crippen LogP contribution in [-0.2, 0) is 5.60 Å². The van der Waals surface area contributed by atoms with Gasteiger partial charge in [0.2, 0.25) is 0 Å². The normalized spacial score (nSPS) is 20.4. The van der Waals surface area contributed by atoms with E-state index in [1.807, 2.05) is 37.3 Å². The van der Waals surface area contributed by atoms with E-state index in [9.17, 15) is 10.2 Å². The summed E-state index contributed by atoms with van der Waals surface area (Å²) in [6.45, 7) is 2.69. The molecular formula is C22H31NO2S. The van der Waals surface area contributed by atoms with Crippen molar-refractivity contribution in [3.8, 4) is 0 Å². The molecule has 1 aliphatic carbocycles. The van der Waals surface area contributed by atoms with Gasteiger partial charge in [-0.05, 0) is 66.6 Å². The second kappa shape index (κ2) is 9.14. The predicted octanol–water partition coefficient (Wildman–Crippen LogP) is 4.62. The summed E-state index contributed by atoms with van der Waals surface area (Å²) in [6, 6.07) is 11.8. The molecule has 3 unspecified atom stereocenters. The molecule has 0 radical (unpaired) electrons. The number of rotatable bonds is 8. The lowest BCUT2D eigenvalue weighted by Gasteiger charge is -2.39. The number of aliphatic hydroxyl groups is 2. The fraction of sp³-hybridized carbons (Fsp3) is 0.545. The van der Waals surface area contributed by atoms with E-state index in [1.165, 1.54) is 19.3 Å². The predicted molar refractivity (Wildman–Crippen MR) is 108 cm³/mol. The maximum Gasteiger partial charge on any atom is 0.0944 e. The van der Waals surface area contributed by atoms with Crippen LogP contribution in [-0.4, -0.2) is 22.8 Å². The van der Waals surface area contributed by atoms with Crippen LogP contribution in [0.4, 0.5) is 0 Å². The van der Waals surface area contributed by atoms with E-state index in [4.69, 9.17) is 0 Å². The molecule has 2 aromatic rings. The van der Waals surface area contributed by atoms with E-state index in [0.717, 1.165) is 24.0 Å². The Bertz CT molecular complexity index is 639. The Morgan fingerprint density at radius 3 is 2.54 bits per heavy atom. The van der Waals surface area contributed by atoms with Crippen LogP contribution in [0.2, 0.25) is 0 Å². The third kappa shape index (κ3) is 4.55. The van der Waals surface area contributed by atoms with E-state index in [1.54, 1.807) is 11.3 Å². The van der Waals surface area contributed by atoms with Gasteiger partial charge in [-0.1, -0.05) is 49.6 Å². The largest absolute Gasteiger partial charge is 0.387 e. The summed E-state index contributed by atoms with van der Waals surface area (Å²) in [5.74, 6) is 0.335. The lowest BCUT2D eigenvalue weighted by molar-refractivity contribution is -0.0463. The number of hydrogen-bond donors (Lipinski definition) is 3. The van der Waals surface area contributed by atoms with E-state index in [-0.39, 0.29) is 6.04 Å². The van der Waals surface area contributed by atoms with Gasteiger partial charge < -0.3 is 15.5 Å². The first-order valence-corrected chi connectivity index (χ1v) is 10.8. The zero-order valence-corrected chi connectivity index (χ0v) is 16.4. The van der Waals surface area contributed by atoms with Gasteiger partial charge in [0, 0.05) is 6.04 Å². The summed E-state index contributed by atoms with van der Waals surface area (Å²) in [5, 5.41) is 29.7. The lowest BCUT2D eigenvalue weighted by Crippen LogP contribution is -2.41. The topological polar surface area (TPSA) is 52.5 Å². The minimum absolute atomic E-state index is 0.0597. The monoisotopic (exact) mass is 373 g/mol. The van der Waals surface area contributed by atoms with Gasteiger partial charge in [-0.15, -0.1) is 0 Å². The maximum atomic E-state index is 11.6. The Balaban J connectivity index is 1.61. The van der Waals surface area contributed by atoms with Gasteiger partial charge in [-0.25, -0.2) is 0 Å². The molecule has 1 heterocycles. The van der Waals surface area contributed by atoms with E-state index in [2.05, 4.69) is 22.1 Å². The molecule has 1 aliphatic rings. The molecule has 1 fully saturated rings. The Morgan fingerprint density at radius 2 is 1.88 bits per heavy atom. The highest BCUT2D eigenvalue weighted by Gasteiger charge is 2.38. The second-order valence-electron chi connectivity index (χ2n) is 7.62. The van der Waals surface area contributed by atoms with Crippen LogP contribution >= 0.6 is 11.3 Å². The van der Waals surface area contributed by atoms with Crippen molar-refractivity contribution < 1.29 is 10.2 Å². The average Bonchev–Trinajstić information content (AvgIpc) is 3.24. The summed E-state index contributed by atoms with van der Waals surface area (Å²) in [7, 11) is 0. The SMILES string of the molecule is CC(NCCC(O)(c1ccsc1)C1CCCCC1)C(O)c1ccccc1. The Labute approximate surface area is 161 Å². The molecule has 0 amide bonds. The highest BCUT2D eigenvalue weighted by Crippen LogP contribution is 2.42. The first kappa shape index (κ1) is 19.6. The molecule has 0 saturated heterocycles. The fourth-order valence-electron chi connectivity index (χ4n) is 4.22. The molecule has 142 valence electrons. The van der Waals surface area contributed by atoms with Crippen molar-refractivity contribution in [1.29, 1.82) is 0 Å². The molecule has 1 aromatic heterocycles. The highest BCUT2D eigenvalue weighted by molar-refractivity contribution is 7.08. The van der Waals surface area contributed by atoms with Crippen LogP contribution < -0.4 is 5.32 Å². The van der Waals surface area contributed by atoms with E-state index in [0.29, 0.717) is 18.9 Å². The molecule has 4 heteroatoms. The molecule has 0 aliphatic heterocycles. The van der Waals surface area contributed by atoms with Crippen molar-refractivity contribution >= 4 is 11.3 Å². The highest BCUT2D eigenvalue weighted by atomic mass is 32.1. The van der Waals surface area contributed by atoms with Gasteiger partial charge in [0.05, 0.1) is 11.7 Å². The van der Waals surface area contributed by atoms with E-state index >= 15 is 0 Å². The maximum absolute atomic E-state index is 11.6. The van der Waals surface area contributed by atoms with Crippen molar-refractivity contribution in [2.75, 3.05) is 6.54 Å². The summed E-state index contributed by atoms with van der Waals surface area (Å²) < 4.78 is 0. The average molecular weight is 374 g/mol. The standard InChI is InChI=1S/C22H31NO2S/c1-17(21(24)18-8-4-2-5-9-18)23-14-13-22(25,20-12-15-26-16-20)19-10-6-3-7-11-19/h2,4-5,8-9,12,15-17,19,21,23-25H,3,6-7,10-11,13-14H2,1H3. The number of benzene rings is 1. The third-order valence-electron chi connectivity index (χ3n) is 5.89. The van der Waals surface area contributed by atoms with E-state index < -0.39 is 11.7 Å². The van der Waals surface area contributed by atoms with Gasteiger partial charge in [0.15, 0.2) is 0 Å². The molecule has 3 N–H and O–H groups in total. The zero-order valence-electron chi connectivity index (χ0n) is 15.6. The Hall–Kier alpha value is -1.20. The number of aliphatic hydroxyl groups excluding tert-OH is 1. The Morgan fingerprint density at radius 1 is 1.15 bits per heavy atom. The molecule has 0 bridgehead atoms. The van der Waals surface area contributed by atoms with Gasteiger partial charge >= 0.3 is 0 Å². The molecule has 3 rings (SSSR count). The number of thiophene rings is 1. The molecular weight excluding hydrogens is 342 g/mol. The van der Waals surface area contributed by atoms with Crippen LogP contribution in [0.25, 0.3) is 0 Å². The van der Waals surface area contributed by atoms with Gasteiger partial charge in [-0.3, -0.25) is 0 Å². The third-order valence-corrected chi connectivity index (χ3v) is 6.57. The van der Waals surface area contributed by atoms with Crippen molar-refractivity contribution in [2.24, 2.45) is 5.92 Å². The number of hydrogen-bond acceptors (Lipinski definition) is 4. The molecule has 1 aromatic carbocycles. The summed E-state index contributed by atoms with van der Waals surface area (Å²) in [5.41, 5.74) is 1.23. The second-order valence-corrected chi connectivity index (χ2v) is 8.40. The summed E-state index contributed by atoms with van der Waals surface area (Å²) in [6.07, 6.45) is 6.07. The summed E-state index contributed by atoms with van der Waals surface area (Å²) in [4.78, 5) is 0. The minimum Gasteiger partial charge on any atom is -0.387 e. The number of nitrogens with one attached hydrogen (secondary N) is 1. The van der Waals surface area contributed by atoms with Crippen LogP contribution in [0.1, 0.15) is 62.7 Å². The van der Waals surface area contributed by atoms with Gasteiger partial charge in [-0.2, -0.15) is 11.3 Å². The quantitative estimate of drug-likeness (QED) is 0.633. The van der Waals surface area contributed by atoms with Crippen LogP contribution in [0, 0.1) is 5.92 Å². The molecule has 3 atom stereocenters. The smallest absolute Gasteiger partial charge is 0.0944 e. The van der Waals surface area contributed by atoms with Crippen LogP contribution in [0.5, 0.6) is 0 Å². The van der Waals surface area contributed by atoms with Crippen molar-refractivity contribution in [3.05, 3.63) is 58.3 Å². The van der Waals surface area contributed by atoms with Gasteiger partial charge in [0.1, 0.15) is 0 Å². The van der Waals surface area contributed by atoms with Crippen molar-refractivity contribution in [3.63, 3.8) is 0 Å². The molecule has 1 saturated carbocycles.